The van der Waals surface area contributed by atoms with Crippen LogP contribution in [0, 0.1) is 20.8 Å². The molecule has 1 atom stereocenters. The average Bonchev–Trinajstić information content (AvgIpc) is 2.71. The first-order valence-electron chi connectivity index (χ1n) is 12.3. The molecule has 33 heavy (non-hydrogen) atoms. The number of rotatable bonds is 10. The van der Waals surface area contributed by atoms with Gasteiger partial charge in [-0.15, -0.1) is 0 Å². The van der Waals surface area contributed by atoms with Gasteiger partial charge in [0.15, 0.2) is 5.78 Å². The number of hydrogen-bond donors (Lipinski definition) is 0. The number of benzene rings is 1. The maximum absolute atomic E-state index is 13.1. The van der Waals surface area contributed by atoms with E-state index in [1.807, 2.05) is 20.8 Å². The van der Waals surface area contributed by atoms with E-state index in [9.17, 15) is 4.79 Å². The second kappa shape index (κ2) is 11.7. The summed E-state index contributed by atoms with van der Waals surface area (Å²) in [5, 5.41) is 0. The van der Waals surface area contributed by atoms with Crippen LogP contribution in [-0.4, -0.2) is 18.5 Å². The van der Waals surface area contributed by atoms with Crippen LogP contribution in [0.1, 0.15) is 107 Å². The first kappa shape index (κ1) is 27.0. The third-order valence-electron chi connectivity index (χ3n) is 6.84. The Hall–Kier alpha value is -2.29. The summed E-state index contributed by atoms with van der Waals surface area (Å²) in [6, 6.07) is 0. The Labute approximate surface area is 202 Å². The molecule has 0 amide bonds. The van der Waals surface area contributed by atoms with Crippen LogP contribution in [0.2, 0.25) is 0 Å². The molecule has 1 aliphatic heterocycles. The van der Waals surface area contributed by atoms with Gasteiger partial charge in [-0.05, 0) is 105 Å². The Balaban J connectivity index is 1.98. The number of ketones is 1. The van der Waals surface area contributed by atoms with E-state index in [0.29, 0.717) is 12.0 Å². The summed E-state index contributed by atoms with van der Waals surface area (Å²) in [6.07, 6.45) is 13.6. The van der Waals surface area contributed by atoms with Crippen LogP contribution in [0.4, 0.5) is 0 Å². The van der Waals surface area contributed by atoms with Crippen LogP contribution in [0.3, 0.4) is 0 Å². The van der Waals surface area contributed by atoms with Gasteiger partial charge in [-0.3, -0.25) is 4.79 Å². The molecule has 0 bridgehead atoms. The Morgan fingerprint density at radius 1 is 0.909 bits per heavy atom. The first-order valence-corrected chi connectivity index (χ1v) is 12.3. The normalized spacial score (nSPS) is 18.6. The number of methoxy groups -OCH3 is 1. The lowest BCUT2D eigenvalue weighted by Gasteiger charge is -2.37. The molecule has 2 rings (SSSR count). The molecule has 1 aliphatic rings. The third kappa shape index (κ3) is 7.09. The minimum Gasteiger partial charge on any atom is -0.496 e. The Kier molecular flexibility index (Phi) is 9.57. The molecular formula is C30H44O3. The molecular weight excluding hydrogens is 408 g/mol. The first-order chi connectivity index (χ1) is 15.5. The molecule has 1 aromatic carbocycles. The zero-order valence-corrected chi connectivity index (χ0v) is 22.4. The van der Waals surface area contributed by atoms with Crippen molar-refractivity contribution < 1.29 is 14.3 Å². The van der Waals surface area contributed by atoms with E-state index >= 15 is 0 Å². The minimum atomic E-state index is -0.472. The summed E-state index contributed by atoms with van der Waals surface area (Å²) >= 11 is 0. The third-order valence-corrected chi connectivity index (χ3v) is 6.84. The monoisotopic (exact) mass is 452 g/mol. The van der Waals surface area contributed by atoms with Crippen molar-refractivity contribution in [1.29, 1.82) is 0 Å². The summed E-state index contributed by atoms with van der Waals surface area (Å²) in [6.45, 7) is 16.8. The summed E-state index contributed by atoms with van der Waals surface area (Å²) in [5.41, 5.74) is 7.44. The molecule has 0 fully saturated rings. The molecule has 182 valence electrons. The van der Waals surface area contributed by atoms with E-state index in [1.54, 1.807) is 7.11 Å². The van der Waals surface area contributed by atoms with E-state index in [2.05, 4.69) is 52.8 Å². The molecule has 0 saturated heterocycles. The summed E-state index contributed by atoms with van der Waals surface area (Å²) < 4.78 is 12.1. The lowest BCUT2D eigenvalue weighted by atomic mass is 9.84. The van der Waals surface area contributed by atoms with Gasteiger partial charge >= 0.3 is 0 Å². The van der Waals surface area contributed by atoms with Crippen molar-refractivity contribution in [3.8, 4) is 11.5 Å². The van der Waals surface area contributed by atoms with E-state index in [1.165, 1.54) is 16.7 Å². The van der Waals surface area contributed by atoms with Gasteiger partial charge in [0.25, 0.3) is 0 Å². The number of fused-ring (bicyclic) bond motifs is 1. The van der Waals surface area contributed by atoms with Gasteiger partial charge < -0.3 is 9.47 Å². The highest BCUT2D eigenvalue weighted by molar-refractivity contribution is 6.03. The van der Waals surface area contributed by atoms with Gasteiger partial charge in [0.05, 0.1) is 19.1 Å². The van der Waals surface area contributed by atoms with Crippen molar-refractivity contribution in [1.82, 2.24) is 0 Å². The van der Waals surface area contributed by atoms with Crippen LogP contribution >= 0.6 is 0 Å². The van der Waals surface area contributed by atoms with E-state index in [4.69, 9.17) is 9.47 Å². The number of carbonyl (C=O) groups is 1. The fourth-order valence-electron chi connectivity index (χ4n) is 4.68. The molecule has 1 heterocycles. The summed E-state index contributed by atoms with van der Waals surface area (Å²) in [5.74, 6) is 1.71. The number of allylic oxidation sites excluding steroid dienone is 6. The van der Waals surface area contributed by atoms with Crippen molar-refractivity contribution in [2.45, 2.75) is 106 Å². The van der Waals surface area contributed by atoms with Crippen LogP contribution in [0.5, 0.6) is 11.5 Å². The van der Waals surface area contributed by atoms with E-state index in [0.717, 1.165) is 66.7 Å². The van der Waals surface area contributed by atoms with Crippen LogP contribution in [0.15, 0.2) is 34.9 Å². The highest BCUT2D eigenvalue weighted by Gasteiger charge is 2.39. The maximum Gasteiger partial charge on any atom is 0.170 e. The van der Waals surface area contributed by atoms with Crippen molar-refractivity contribution >= 4 is 5.78 Å². The van der Waals surface area contributed by atoms with Crippen LogP contribution in [0.25, 0.3) is 0 Å². The molecule has 3 nitrogen and oxygen atoms in total. The number of Topliss-reactive ketones (excluding diaryl/α,β-unsaturated/α-hetero) is 1. The highest BCUT2D eigenvalue weighted by atomic mass is 16.5. The minimum absolute atomic E-state index is 0.159. The Bertz CT molecular complexity index is 957. The summed E-state index contributed by atoms with van der Waals surface area (Å²) in [7, 11) is 1.66. The van der Waals surface area contributed by atoms with E-state index < -0.39 is 5.60 Å². The standard InChI is InChI=1S/C30H44O3/c1-20(2)13-10-14-21(3)15-11-16-22(4)17-12-18-30(8)19-26(31)27-25(7)28(32-9)23(5)24(6)29(27)33-30/h13,15,17H,10-12,14,16,18-19H2,1-9H3/b21-15+,22-17+. The molecule has 0 aromatic heterocycles. The Morgan fingerprint density at radius 3 is 2.06 bits per heavy atom. The Morgan fingerprint density at radius 2 is 1.48 bits per heavy atom. The summed E-state index contributed by atoms with van der Waals surface area (Å²) in [4.78, 5) is 13.1. The fourth-order valence-corrected chi connectivity index (χ4v) is 4.68. The van der Waals surface area contributed by atoms with E-state index in [-0.39, 0.29) is 5.78 Å². The molecule has 3 heteroatoms. The van der Waals surface area contributed by atoms with Crippen molar-refractivity contribution in [2.24, 2.45) is 0 Å². The molecule has 0 radical (unpaired) electrons. The molecule has 1 unspecified atom stereocenters. The smallest absolute Gasteiger partial charge is 0.170 e. The van der Waals surface area contributed by atoms with Gasteiger partial charge in [-0.2, -0.15) is 0 Å². The van der Waals surface area contributed by atoms with Crippen molar-refractivity contribution in [2.75, 3.05) is 7.11 Å². The topological polar surface area (TPSA) is 35.5 Å². The van der Waals surface area contributed by atoms with Gasteiger partial charge in [0, 0.05) is 5.56 Å². The molecule has 0 spiro atoms. The lowest BCUT2D eigenvalue weighted by molar-refractivity contribution is 0.0467. The number of hydrogen-bond acceptors (Lipinski definition) is 3. The second-order valence-electron chi connectivity index (χ2n) is 10.3. The maximum atomic E-state index is 13.1. The van der Waals surface area contributed by atoms with Crippen molar-refractivity contribution in [3.05, 3.63) is 57.2 Å². The van der Waals surface area contributed by atoms with Gasteiger partial charge in [0.2, 0.25) is 0 Å². The molecule has 0 aliphatic carbocycles. The number of carbonyl (C=O) groups excluding carboxylic acids is 1. The zero-order chi connectivity index (χ0) is 24.8. The van der Waals surface area contributed by atoms with Crippen LogP contribution in [-0.2, 0) is 0 Å². The SMILES string of the molecule is COc1c(C)c(C)c2c(c1C)C(=O)CC(C)(CC/C=C(\C)CC/C=C(\C)CCC=C(C)C)O2. The average molecular weight is 453 g/mol. The second-order valence-corrected chi connectivity index (χ2v) is 10.3. The predicted molar refractivity (Wildman–Crippen MR) is 140 cm³/mol. The quantitative estimate of drug-likeness (QED) is 0.334. The predicted octanol–water partition coefficient (Wildman–Crippen LogP) is 8.54. The van der Waals surface area contributed by atoms with Crippen LogP contribution < -0.4 is 9.47 Å². The number of ether oxygens (including phenoxy) is 2. The zero-order valence-electron chi connectivity index (χ0n) is 22.4. The lowest BCUT2D eigenvalue weighted by Crippen LogP contribution is -2.39. The largest absolute Gasteiger partial charge is 0.496 e. The van der Waals surface area contributed by atoms with Gasteiger partial charge in [-0.25, -0.2) is 0 Å². The fraction of sp³-hybridized carbons (Fsp3) is 0.567. The van der Waals surface area contributed by atoms with Gasteiger partial charge in [0.1, 0.15) is 17.1 Å². The molecule has 1 aromatic rings. The molecule has 0 saturated carbocycles. The van der Waals surface area contributed by atoms with Crippen molar-refractivity contribution in [3.63, 3.8) is 0 Å². The molecule has 0 N–H and O–H groups in total. The van der Waals surface area contributed by atoms with Gasteiger partial charge in [-0.1, -0.05) is 34.9 Å². The highest BCUT2D eigenvalue weighted by Crippen LogP contribution is 2.44.